The molecule has 0 aliphatic heterocycles. The van der Waals surface area contributed by atoms with Gasteiger partial charge in [0.1, 0.15) is 0 Å². The van der Waals surface area contributed by atoms with Crippen molar-refractivity contribution in [3.63, 3.8) is 0 Å². The van der Waals surface area contributed by atoms with Crippen LogP contribution in [0.25, 0.3) is 0 Å². The molecule has 0 rings (SSSR count). The summed E-state index contributed by atoms with van der Waals surface area (Å²) in [5.41, 5.74) is 0. The zero-order chi connectivity index (χ0) is 7.98. The van der Waals surface area contributed by atoms with Gasteiger partial charge in [-0.25, -0.2) is 0 Å². The van der Waals surface area contributed by atoms with Crippen molar-refractivity contribution in [2.75, 3.05) is 0 Å². The van der Waals surface area contributed by atoms with E-state index < -0.39 is 0 Å². The molecule has 0 N–H and O–H groups in total. The molecule has 0 aromatic rings. The van der Waals surface area contributed by atoms with Gasteiger partial charge in [-0.2, -0.15) is 0 Å². The van der Waals surface area contributed by atoms with Crippen molar-refractivity contribution < 1.29 is 279 Å². The maximum absolute atomic E-state index is 2.38. The summed E-state index contributed by atoms with van der Waals surface area (Å²) >= 11 is 0. The molecule has 54 heavy (non-hydrogen) atoms. The van der Waals surface area contributed by atoms with Gasteiger partial charge in [-0.1, -0.05) is 313 Å². The molecule has 2 unspecified atom stereocenters. The quantitative estimate of drug-likeness (QED) is 0.346. The molecule has 0 aliphatic carbocycles. The molecule has 0 radical (unpaired) electrons. The second kappa shape index (κ2) is 639. The predicted octanol–water partition coefficient (Wildman–Crippen LogP) is 0.171. The van der Waals surface area contributed by atoms with Crippen molar-refractivity contribution in [1.29, 1.82) is 0 Å². The molecule has 0 saturated heterocycles. The van der Waals surface area contributed by atoms with E-state index in [2.05, 4.69) is 27.7 Å². The molecule has 2 atom stereocenters. The largest absolute Gasteiger partial charge is 1.00 e. The first-order chi connectivity index (χ1) is 4.76. The van der Waals surface area contributed by atoms with Gasteiger partial charge < -0.3 is 12.8 Å². The minimum atomic E-state index is 0. The molecule has 0 aliphatic rings. The first kappa shape index (κ1) is 747. The molecular weight excluding hydrogens is 747 g/mol. The number of hydrogen-bond acceptors (Lipinski definition) is 0. The third kappa shape index (κ3) is 549. The molecule has 0 bridgehead atoms. The normalized spacial score (nSPS) is 3.11. The Kier molecular flexibility index (Phi) is 8850. The van der Waals surface area contributed by atoms with Crippen LogP contribution in [-0.4, -0.2) is 0 Å². The van der Waals surface area contributed by atoms with E-state index in [1.54, 1.807) is 0 Å². The Balaban J connectivity index is -0.000000000294. The molecule has 0 spiro atoms. The van der Waals surface area contributed by atoms with Crippen LogP contribution >= 0.6 is 0 Å². The molecular formula is C45H171Na9. The summed E-state index contributed by atoms with van der Waals surface area (Å²) in [4.78, 5) is 0. The van der Waals surface area contributed by atoms with Gasteiger partial charge in [0.15, 0.2) is 0 Å². The fraction of sp³-hybridized carbons (Fsp3) is 1.00. The molecule has 360 valence electrons. The van der Waals surface area contributed by atoms with Crippen LogP contribution < -0.4 is 266 Å². The van der Waals surface area contributed by atoms with Crippen LogP contribution in [0.15, 0.2) is 0 Å². The molecule has 0 fully saturated rings. The summed E-state index contributed by atoms with van der Waals surface area (Å²) in [7, 11) is 0. The van der Waals surface area contributed by atoms with Crippen molar-refractivity contribution in [2.45, 2.75) is 313 Å². The van der Waals surface area contributed by atoms with Crippen LogP contribution in [-0.2, 0) is 0 Å². The molecule has 0 amide bonds. The first-order valence-electron chi connectivity index (χ1n) is 4.76. The van der Waals surface area contributed by atoms with E-state index in [1.807, 2.05) is 0 Å². The summed E-state index contributed by atoms with van der Waals surface area (Å²) in [5, 5.41) is 0. The van der Waals surface area contributed by atoms with Crippen LogP contribution in [0.4, 0.5) is 0 Å². The average molecular weight is 920 g/mol. The Labute approximate surface area is 593 Å². The third-order valence-corrected chi connectivity index (χ3v) is 2.63. The van der Waals surface area contributed by atoms with E-state index in [1.165, 1.54) is 25.7 Å². The Hall–Kier alpha value is 9.00. The monoisotopic (exact) mass is 919 g/mol. The molecule has 0 nitrogen and oxygen atoms in total. The van der Waals surface area contributed by atoms with E-state index in [4.69, 9.17) is 0 Å². The minimum Gasteiger partial charge on any atom is -1.00 e. The second-order valence-electron chi connectivity index (χ2n) is 3.34. The summed E-state index contributed by atoms with van der Waals surface area (Å²) in [5.74, 6) is 1.92. The third-order valence-electron chi connectivity index (χ3n) is 2.63. The molecule has 0 aromatic carbocycles. The SMILES string of the molecule is C.C.C.C.C.C.C.C.C.C.C.C.C.C.C.C.C.C.C.C.C.C.C.C.C.C.C.C.C.C.C.C.C.C.C.CCCC(CC)C(C)CC.[H-].[H-].[H-].[H-].[H-].[H-].[H-].[H-].[H-].[Na+].[Na+].[Na+].[Na+].[Na+].[Na+].[Na+].[Na+].[Na+]. The topological polar surface area (TPSA) is 0 Å². The van der Waals surface area contributed by atoms with E-state index in [0.717, 1.165) is 11.8 Å². The van der Waals surface area contributed by atoms with Gasteiger partial charge in [-0.05, 0) is 11.8 Å². The van der Waals surface area contributed by atoms with Crippen molar-refractivity contribution in [2.24, 2.45) is 11.8 Å². The van der Waals surface area contributed by atoms with Crippen molar-refractivity contribution in [3.8, 4) is 0 Å². The number of hydrogen-bond donors (Lipinski definition) is 0. The van der Waals surface area contributed by atoms with E-state index in [9.17, 15) is 0 Å². The fourth-order valence-corrected chi connectivity index (χ4v) is 1.60. The van der Waals surface area contributed by atoms with Gasteiger partial charge in [-0.3, -0.25) is 0 Å². The standard InChI is InChI=1S/C10H22.35CH4.9Na.9H/c1-5-8-10(7-3)9(4)6-2;;;;;;;;;;;;;;;;;;;;;;;;;;;;;;;;;;;;;;;;;;;;;;;;;;;;;/h9-10H,5-8H2,1-4H3;35*1H4;;;;;;;;;;;;;;;;;;/q;;;;;;;;;;;;;;;;;;;;;;;;;;;;;;;;;;;;9*+1;9*-1. The van der Waals surface area contributed by atoms with Gasteiger partial charge >= 0.3 is 266 Å². The summed E-state index contributed by atoms with van der Waals surface area (Å²) in [6, 6.07) is 0. The van der Waals surface area contributed by atoms with Crippen LogP contribution in [0.2, 0.25) is 0 Å². The van der Waals surface area contributed by atoms with Crippen LogP contribution in [0.5, 0.6) is 0 Å². The van der Waals surface area contributed by atoms with E-state index >= 15 is 0 Å². The van der Waals surface area contributed by atoms with Crippen molar-refractivity contribution in [3.05, 3.63) is 0 Å². The van der Waals surface area contributed by atoms with Gasteiger partial charge in [0.25, 0.3) is 0 Å². The zero-order valence-electron chi connectivity index (χ0n) is 26.0. The van der Waals surface area contributed by atoms with E-state index in [0.29, 0.717) is 0 Å². The minimum absolute atomic E-state index is 0. The van der Waals surface area contributed by atoms with Gasteiger partial charge in [0.05, 0.1) is 0 Å². The van der Waals surface area contributed by atoms with Crippen LogP contribution in [0.1, 0.15) is 326 Å². The maximum atomic E-state index is 2.38. The van der Waals surface area contributed by atoms with Gasteiger partial charge in [0.2, 0.25) is 0 Å². The Morgan fingerprint density at radius 1 is 0.241 bits per heavy atom. The Morgan fingerprint density at radius 3 is 0.407 bits per heavy atom. The second-order valence-corrected chi connectivity index (χ2v) is 3.34. The molecule has 0 heterocycles. The van der Waals surface area contributed by atoms with Crippen LogP contribution in [0, 0.1) is 11.8 Å². The van der Waals surface area contributed by atoms with Gasteiger partial charge in [0, 0.05) is 0 Å². The smallest absolute Gasteiger partial charge is 1.00 e. The maximum Gasteiger partial charge on any atom is 1.00 e. The molecule has 0 aromatic heterocycles. The Bertz CT molecular complexity index is 139. The van der Waals surface area contributed by atoms with Gasteiger partial charge in [-0.15, -0.1) is 0 Å². The first-order valence-corrected chi connectivity index (χ1v) is 4.76. The summed E-state index contributed by atoms with van der Waals surface area (Å²) in [6.07, 6.45) is 5.48. The number of rotatable bonds is 5. The molecule has 0 saturated carbocycles. The molecule has 9 heteroatoms. The fourth-order valence-electron chi connectivity index (χ4n) is 1.60. The summed E-state index contributed by atoms with van der Waals surface area (Å²) in [6.45, 7) is 9.27. The Morgan fingerprint density at radius 2 is 0.352 bits per heavy atom. The van der Waals surface area contributed by atoms with E-state index in [-0.39, 0.29) is 539 Å². The van der Waals surface area contributed by atoms with Crippen molar-refractivity contribution >= 4 is 0 Å². The summed E-state index contributed by atoms with van der Waals surface area (Å²) < 4.78 is 0. The average Bonchev–Trinajstić information content (AvgIpc) is 1.99. The van der Waals surface area contributed by atoms with Crippen LogP contribution in [0.3, 0.4) is 0 Å². The van der Waals surface area contributed by atoms with Crippen molar-refractivity contribution in [1.82, 2.24) is 0 Å². The zero-order valence-corrected chi connectivity index (χ0v) is 35.0. The predicted molar refractivity (Wildman–Crippen MR) is 294 cm³/mol.